The van der Waals surface area contributed by atoms with E-state index < -0.39 is 0 Å². The number of rotatable bonds is 6. The van der Waals surface area contributed by atoms with Gasteiger partial charge in [-0.05, 0) is 37.3 Å². The Bertz CT molecular complexity index is 534. The second-order valence-electron chi connectivity index (χ2n) is 6.43. The third-order valence-electron chi connectivity index (χ3n) is 4.57. The van der Waals surface area contributed by atoms with E-state index in [9.17, 15) is 9.59 Å². The number of likely N-dealkylation sites (tertiary alicyclic amines) is 1. The van der Waals surface area contributed by atoms with Crippen LogP contribution in [-0.4, -0.2) is 35.8 Å². The highest BCUT2D eigenvalue weighted by Crippen LogP contribution is 2.13. The lowest BCUT2D eigenvalue weighted by Gasteiger charge is -2.32. The van der Waals surface area contributed by atoms with Gasteiger partial charge in [-0.3, -0.25) is 9.59 Å². The number of hydrogen-bond donors (Lipinski definition) is 1. The summed E-state index contributed by atoms with van der Waals surface area (Å²) in [6.45, 7) is 5.65. The van der Waals surface area contributed by atoms with Gasteiger partial charge in [-0.25, -0.2) is 0 Å². The number of nitrogens with one attached hydrogen (secondary N) is 1. The standard InChI is InChI=1S/C19H28N2O2/c1-3-4-9-19(23)21-12-10-17(11-13-21)20-18(22)14-16-8-6-5-7-15(16)2/h5-8,17H,3-4,9-14H2,1-2H3,(H,20,22). The predicted octanol–water partition coefficient (Wildman–Crippen LogP) is 2.83. The van der Waals surface area contributed by atoms with Gasteiger partial charge in [-0.2, -0.15) is 0 Å². The first kappa shape index (κ1) is 17.5. The van der Waals surface area contributed by atoms with E-state index in [4.69, 9.17) is 0 Å². The van der Waals surface area contributed by atoms with Crippen molar-refractivity contribution in [2.45, 2.75) is 58.4 Å². The molecule has 1 N–H and O–H groups in total. The summed E-state index contributed by atoms with van der Waals surface area (Å²) in [5, 5.41) is 3.12. The van der Waals surface area contributed by atoms with Crippen LogP contribution in [0.4, 0.5) is 0 Å². The minimum atomic E-state index is 0.0788. The fraction of sp³-hybridized carbons (Fsp3) is 0.579. The first-order valence-electron chi connectivity index (χ1n) is 8.71. The summed E-state index contributed by atoms with van der Waals surface area (Å²) in [6, 6.07) is 8.19. The summed E-state index contributed by atoms with van der Waals surface area (Å²) in [6.07, 6.45) is 4.82. The predicted molar refractivity (Wildman–Crippen MR) is 92.2 cm³/mol. The molecule has 4 nitrogen and oxygen atoms in total. The molecule has 4 heteroatoms. The molecule has 0 bridgehead atoms. The van der Waals surface area contributed by atoms with E-state index >= 15 is 0 Å². The topological polar surface area (TPSA) is 49.4 Å². The van der Waals surface area contributed by atoms with E-state index in [2.05, 4.69) is 12.2 Å². The zero-order chi connectivity index (χ0) is 16.7. The van der Waals surface area contributed by atoms with Crippen LogP contribution in [0.25, 0.3) is 0 Å². The molecule has 1 heterocycles. The lowest BCUT2D eigenvalue weighted by atomic mass is 10.0. The molecular weight excluding hydrogens is 288 g/mol. The van der Waals surface area contributed by atoms with Crippen LogP contribution < -0.4 is 5.32 Å². The van der Waals surface area contributed by atoms with E-state index in [1.165, 1.54) is 0 Å². The van der Waals surface area contributed by atoms with Crippen molar-refractivity contribution >= 4 is 11.8 Å². The minimum absolute atomic E-state index is 0.0788. The molecule has 0 spiro atoms. The fourth-order valence-corrected chi connectivity index (χ4v) is 3.02. The summed E-state index contributed by atoms with van der Waals surface area (Å²) in [4.78, 5) is 26.1. The summed E-state index contributed by atoms with van der Waals surface area (Å²) < 4.78 is 0. The van der Waals surface area contributed by atoms with Gasteiger partial charge in [0.2, 0.25) is 11.8 Å². The number of hydrogen-bond acceptors (Lipinski definition) is 2. The maximum atomic E-state index is 12.2. The molecular formula is C19H28N2O2. The van der Waals surface area contributed by atoms with Gasteiger partial charge in [0.1, 0.15) is 0 Å². The van der Waals surface area contributed by atoms with E-state index in [0.29, 0.717) is 12.8 Å². The summed E-state index contributed by atoms with van der Waals surface area (Å²) in [5.41, 5.74) is 2.23. The Kier molecular flexibility index (Phi) is 6.63. The van der Waals surface area contributed by atoms with Crippen LogP contribution in [0.1, 0.15) is 50.2 Å². The smallest absolute Gasteiger partial charge is 0.224 e. The molecule has 1 aliphatic heterocycles. The SMILES string of the molecule is CCCCC(=O)N1CCC(NC(=O)Cc2ccccc2C)CC1. The van der Waals surface area contributed by atoms with Crippen LogP contribution in [0.5, 0.6) is 0 Å². The van der Waals surface area contributed by atoms with Gasteiger partial charge in [-0.1, -0.05) is 37.6 Å². The largest absolute Gasteiger partial charge is 0.353 e. The molecule has 23 heavy (non-hydrogen) atoms. The number of piperidine rings is 1. The van der Waals surface area contributed by atoms with Crippen molar-refractivity contribution in [3.05, 3.63) is 35.4 Å². The fourth-order valence-electron chi connectivity index (χ4n) is 3.02. The second-order valence-corrected chi connectivity index (χ2v) is 6.43. The number of unbranched alkanes of at least 4 members (excludes halogenated alkanes) is 1. The molecule has 1 aromatic carbocycles. The third-order valence-corrected chi connectivity index (χ3v) is 4.57. The number of carbonyl (C=O) groups is 2. The van der Waals surface area contributed by atoms with Crippen LogP contribution in [0.15, 0.2) is 24.3 Å². The quantitative estimate of drug-likeness (QED) is 0.877. The molecule has 0 unspecified atom stereocenters. The molecule has 2 rings (SSSR count). The summed E-state index contributed by atoms with van der Waals surface area (Å²) >= 11 is 0. The zero-order valence-electron chi connectivity index (χ0n) is 14.3. The van der Waals surface area contributed by atoms with Crippen molar-refractivity contribution in [2.75, 3.05) is 13.1 Å². The van der Waals surface area contributed by atoms with E-state index in [0.717, 1.165) is 49.9 Å². The number of nitrogens with zero attached hydrogens (tertiary/aromatic N) is 1. The van der Waals surface area contributed by atoms with Crippen molar-refractivity contribution in [3.8, 4) is 0 Å². The maximum absolute atomic E-state index is 12.2. The normalized spacial score (nSPS) is 15.5. The Labute approximate surface area is 139 Å². The van der Waals surface area contributed by atoms with Crippen molar-refractivity contribution in [3.63, 3.8) is 0 Å². The first-order valence-corrected chi connectivity index (χ1v) is 8.71. The average molecular weight is 316 g/mol. The van der Waals surface area contributed by atoms with Gasteiger partial charge in [0.25, 0.3) is 0 Å². The Morgan fingerprint density at radius 2 is 1.91 bits per heavy atom. The van der Waals surface area contributed by atoms with E-state index in [1.807, 2.05) is 36.1 Å². The first-order chi connectivity index (χ1) is 11.1. The minimum Gasteiger partial charge on any atom is -0.353 e. The molecule has 2 amide bonds. The lowest BCUT2D eigenvalue weighted by Crippen LogP contribution is -2.46. The highest BCUT2D eigenvalue weighted by molar-refractivity contribution is 5.79. The van der Waals surface area contributed by atoms with Gasteiger partial charge in [0.15, 0.2) is 0 Å². The molecule has 0 aliphatic carbocycles. The van der Waals surface area contributed by atoms with Crippen molar-refractivity contribution in [2.24, 2.45) is 0 Å². The van der Waals surface area contributed by atoms with Gasteiger partial charge >= 0.3 is 0 Å². The Morgan fingerprint density at radius 3 is 2.57 bits per heavy atom. The molecule has 126 valence electrons. The van der Waals surface area contributed by atoms with Crippen LogP contribution in [0.3, 0.4) is 0 Å². The molecule has 1 aliphatic rings. The highest BCUT2D eigenvalue weighted by atomic mass is 16.2. The summed E-state index contributed by atoms with van der Waals surface area (Å²) in [5.74, 6) is 0.339. The van der Waals surface area contributed by atoms with Gasteiger partial charge in [0, 0.05) is 25.6 Å². The molecule has 0 atom stereocenters. The third kappa shape index (κ3) is 5.38. The molecule has 0 aromatic heterocycles. The zero-order valence-corrected chi connectivity index (χ0v) is 14.3. The van der Waals surface area contributed by atoms with E-state index in [-0.39, 0.29) is 17.9 Å². The Hall–Kier alpha value is -1.84. The number of aryl methyl sites for hydroxylation is 1. The molecule has 1 fully saturated rings. The molecule has 0 radical (unpaired) electrons. The molecule has 1 saturated heterocycles. The Morgan fingerprint density at radius 1 is 1.22 bits per heavy atom. The van der Waals surface area contributed by atoms with Crippen LogP contribution in [0.2, 0.25) is 0 Å². The van der Waals surface area contributed by atoms with Crippen molar-refractivity contribution in [1.29, 1.82) is 0 Å². The summed E-state index contributed by atoms with van der Waals surface area (Å²) in [7, 11) is 0. The van der Waals surface area contributed by atoms with Crippen LogP contribution in [0, 0.1) is 6.92 Å². The molecule has 1 aromatic rings. The number of carbonyl (C=O) groups excluding carboxylic acids is 2. The monoisotopic (exact) mass is 316 g/mol. The van der Waals surface area contributed by atoms with E-state index in [1.54, 1.807) is 0 Å². The lowest BCUT2D eigenvalue weighted by molar-refractivity contribution is -0.132. The average Bonchev–Trinajstić information content (AvgIpc) is 2.55. The highest BCUT2D eigenvalue weighted by Gasteiger charge is 2.23. The van der Waals surface area contributed by atoms with Crippen LogP contribution >= 0.6 is 0 Å². The van der Waals surface area contributed by atoms with Gasteiger partial charge < -0.3 is 10.2 Å². The van der Waals surface area contributed by atoms with Crippen molar-refractivity contribution < 1.29 is 9.59 Å². The Balaban J connectivity index is 1.74. The van der Waals surface area contributed by atoms with Gasteiger partial charge in [-0.15, -0.1) is 0 Å². The maximum Gasteiger partial charge on any atom is 0.224 e. The second kappa shape index (κ2) is 8.70. The molecule has 0 saturated carbocycles. The number of benzene rings is 1. The van der Waals surface area contributed by atoms with Crippen LogP contribution in [-0.2, 0) is 16.0 Å². The van der Waals surface area contributed by atoms with Crippen molar-refractivity contribution in [1.82, 2.24) is 10.2 Å². The number of amides is 2. The van der Waals surface area contributed by atoms with Gasteiger partial charge in [0.05, 0.1) is 6.42 Å².